The van der Waals surface area contributed by atoms with E-state index in [0.717, 1.165) is 12.8 Å². The molecule has 1 aromatic heterocycles. The molecule has 94 valence electrons. The lowest BCUT2D eigenvalue weighted by Gasteiger charge is -2.02. The molecule has 0 aliphatic heterocycles. The number of hydrogen-bond donors (Lipinski definition) is 2. The molecule has 0 atom stereocenters. The summed E-state index contributed by atoms with van der Waals surface area (Å²) >= 11 is 0. The van der Waals surface area contributed by atoms with E-state index in [0.29, 0.717) is 6.42 Å². The van der Waals surface area contributed by atoms with E-state index in [9.17, 15) is 4.79 Å². The number of carbonyl (C=O) groups is 1. The van der Waals surface area contributed by atoms with Crippen LogP contribution in [0.3, 0.4) is 0 Å². The van der Waals surface area contributed by atoms with E-state index in [-0.39, 0.29) is 11.9 Å². The van der Waals surface area contributed by atoms with Gasteiger partial charge in [0.05, 0.1) is 0 Å². The molecule has 6 nitrogen and oxygen atoms in total. The zero-order valence-corrected chi connectivity index (χ0v) is 10.2. The second kappa shape index (κ2) is 5.90. The number of carbonyl (C=O) groups excluding carboxylic acids is 1. The van der Waals surface area contributed by atoms with Crippen LogP contribution >= 0.6 is 0 Å². The average Bonchev–Trinajstić information content (AvgIpc) is 2.84. The Hall–Kier alpha value is -2.24. The summed E-state index contributed by atoms with van der Waals surface area (Å²) in [6, 6.07) is 8.34. The fourth-order valence-electron chi connectivity index (χ4n) is 1.61. The second-order valence-corrected chi connectivity index (χ2v) is 4.12. The van der Waals surface area contributed by atoms with Gasteiger partial charge in [0, 0.05) is 6.42 Å². The first kappa shape index (κ1) is 12.2. The fraction of sp³-hybridized carbons (Fsp3) is 0.333. The van der Waals surface area contributed by atoms with E-state index in [1.54, 1.807) is 0 Å². The Morgan fingerprint density at radius 1 is 1.33 bits per heavy atom. The van der Waals surface area contributed by atoms with Gasteiger partial charge in [0.1, 0.15) is 0 Å². The number of aromatic nitrogens is 4. The smallest absolute Gasteiger partial charge is 0.269 e. The van der Waals surface area contributed by atoms with Gasteiger partial charge in [0.15, 0.2) is 0 Å². The molecule has 18 heavy (non-hydrogen) atoms. The van der Waals surface area contributed by atoms with Crippen molar-refractivity contribution in [1.29, 1.82) is 0 Å². The third-order valence-electron chi connectivity index (χ3n) is 2.59. The summed E-state index contributed by atoms with van der Waals surface area (Å²) in [6.45, 7) is 2.06. The lowest BCUT2D eigenvalue weighted by Crippen LogP contribution is -2.12. The summed E-state index contributed by atoms with van der Waals surface area (Å²) in [5.74, 6) is 0.124. The first-order valence-electron chi connectivity index (χ1n) is 5.83. The summed E-state index contributed by atoms with van der Waals surface area (Å²) in [4.78, 5) is 11.5. The van der Waals surface area contributed by atoms with Crippen LogP contribution in [0, 0.1) is 6.92 Å². The van der Waals surface area contributed by atoms with Crippen molar-refractivity contribution in [3.8, 4) is 0 Å². The largest absolute Gasteiger partial charge is 0.292 e. The Labute approximate surface area is 105 Å². The summed E-state index contributed by atoms with van der Waals surface area (Å²) in [6.07, 6.45) is 2.13. The zero-order chi connectivity index (χ0) is 12.8. The van der Waals surface area contributed by atoms with Crippen molar-refractivity contribution in [2.45, 2.75) is 26.2 Å². The van der Waals surface area contributed by atoms with E-state index in [1.165, 1.54) is 11.1 Å². The molecule has 0 aliphatic rings. The van der Waals surface area contributed by atoms with E-state index in [1.807, 2.05) is 0 Å². The molecule has 0 fully saturated rings. The Bertz CT molecular complexity index is 492. The number of anilines is 1. The highest BCUT2D eigenvalue weighted by atomic mass is 16.1. The molecule has 0 saturated heterocycles. The van der Waals surface area contributed by atoms with Crippen molar-refractivity contribution < 1.29 is 4.79 Å². The van der Waals surface area contributed by atoms with Crippen LogP contribution in [0.2, 0.25) is 0 Å². The van der Waals surface area contributed by atoms with Gasteiger partial charge in [-0.05, 0) is 30.5 Å². The van der Waals surface area contributed by atoms with Crippen molar-refractivity contribution in [3.05, 3.63) is 35.4 Å². The van der Waals surface area contributed by atoms with Gasteiger partial charge in [0.2, 0.25) is 5.91 Å². The summed E-state index contributed by atoms with van der Waals surface area (Å²) in [5, 5.41) is 15.5. The number of nitrogens with one attached hydrogen (secondary N) is 2. The van der Waals surface area contributed by atoms with Crippen LogP contribution in [-0.2, 0) is 11.2 Å². The molecule has 0 saturated carbocycles. The summed E-state index contributed by atoms with van der Waals surface area (Å²) < 4.78 is 0. The lowest BCUT2D eigenvalue weighted by molar-refractivity contribution is -0.116. The molecular formula is C12H15N5O. The normalized spacial score (nSPS) is 10.3. The highest BCUT2D eigenvalue weighted by Gasteiger charge is 2.05. The Morgan fingerprint density at radius 2 is 2.11 bits per heavy atom. The van der Waals surface area contributed by atoms with Crippen molar-refractivity contribution in [1.82, 2.24) is 20.6 Å². The predicted octanol–water partition coefficient (Wildman–Crippen LogP) is 1.47. The SMILES string of the molecule is Cc1ccc(CCCC(=O)Nc2nn[nH]n2)cc1. The van der Waals surface area contributed by atoms with Crippen molar-refractivity contribution in [2.75, 3.05) is 5.32 Å². The lowest BCUT2D eigenvalue weighted by atomic mass is 10.1. The molecule has 2 N–H and O–H groups in total. The van der Waals surface area contributed by atoms with Crippen LogP contribution in [-0.4, -0.2) is 26.5 Å². The van der Waals surface area contributed by atoms with Gasteiger partial charge in [-0.25, -0.2) is 0 Å². The maximum Gasteiger partial charge on any atom is 0.269 e. The molecule has 0 bridgehead atoms. The highest BCUT2D eigenvalue weighted by Crippen LogP contribution is 2.07. The van der Waals surface area contributed by atoms with Gasteiger partial charge >= 0.3 is 0 Å². The molecule has 0 spiro atoms. The summed E-state index contributed by atoms with van der Waals surface area (Å²) in [7, 11) is 0. The third kappa shape index (κ3) is 3.65. The number of amides is 1. The molecular weight excluding hydrogens is 230 g/mol. The van der Waals surface area contributed by atoms with Gasteiger partial charge in [-0.2, -0.15) is 5.21 Å². The monoisotopic (exact) mass is 245 g/mol. The predicted molar refractivity (Wildman–Crippen MR) is 66.9 cm³/mol. The number of tetrazole rings is 1. The number of rotatable bonds is 5. The molecule has 0 radical (unpaired) electrons. The number of aromatic amines is 1. The van der Waals surface area contributed by atoms with Crippen LogP contribution < -0.4 is 5.32 Å². The molecule has 1 amide bonds. The number of nitrogens with zero attached hydrogens (tertiary/aromatic N) is 3. The van der Waals surface area contributed by atoms with Gasteiger partial charge in [-0.15, -0.1) is 5.10 Å². The first-order valence-corrected chi connectivity index (χ1v) is 5.83. The minimum atomic E-state index is -0.0940. The quantitative estimate of drug-likeness (QED) is 0.835. The Kier molecular flexibility index (Phi) is 4.01. The molecule has 6 heteroatoms. The maximum absolute atomic E-state index is 11.5. The van der Waals surface area contributed by atoms with E-state index >= 15 is 0 Å². The molecule has 0 aliphatic carbocycles. The number of aryl methyl sites for hydroxylation is 2. The minimum absolute atomic E-state index is 0.0940. The number of H-pyrrole nitrogens is 1. The van der Waals surface area contributed by atoms with E-state index in [2.05, 4.69) is 57.1 Å². The van der Waals surface area contributed by atoms with Crippen LogP contribution in [0.4, 0.5) is 5.95 Å². The molecule has 2 rings (SSSR count). The van der Waals surface area contributed by atoms with Gasteiger partial charge < -0.3 is 0 Å². The minimum Gasteiger partial charge on any atom is -0.292 e. The second-order valence-electron chi connectivity index (χ2n) is 4.12. The van der Waals surface area contributed by atoms with E-state index in [4.69, 9.17) is 0 Å². The zero-order valence-electron chi connectivity index (χ0n) is 10.2. The number of benzene rings is 1. The highest BCUT2D eigenvalue weighted by molar-refractivity contribution is 5.88. The van der Waals surface area contributed by atoms with Gasteiger partial charge in [-0.1, -0.05) is 34.9 Å². The topological polar surface area (TPSA) is 83.6 Å². The first-order chi connectivity index (χ1) is 8.74. The van der Waals surface area contributed by atoms with Crippen LogP contribution in [0.1, 0.15) is 24.0 Å². The van der Waals surface area contributed by atoms with Crippen LogP contribution in [0.25, 0.3) is 0 Å². The van der Waals surface area contributed by atoms with Gasteiger partial charge in [-0.3, -0.25) is 10.1 Å². The summed E-state index contributed by atoms with van der Waals surface area (Å²) in [5.41, 5.74) is 2.49. The fourth-order valence-corrected chi connectivity index (χ4v) is 1.61. The maximum atomic E-state index is 11.5. The van der Waals surface area contributed by atoms with Crippen LogP contribution in [0.15, 0.2) is 24.3 Å². The molecule has 1 aromatic carbocycles. The van der Waals surface area contributed by atoms with E-state index < -0.39 is 0 Å². The van der Waals surface area contributed by atoms with Crippen molar-refractivity contribution in [2.24, 2.45) is 0 Å². The van der Waals surface area contributed by atoms with Crippen molar-refractivity contribution in [3.63, 3.8) is 0 Å². The van der Waals surface area contributed by atoms with Gasteiger partial charge in [0.25, 0.3) is 5.95 Å². The Morgan fingerprint density at radius 3 is 2.78 bits per heavy atom. The van der Waals surface area contributed by atoms with Crippen molar-refractivity contribution >= 4 is 11.9 Å². The standard InChI is InChI=1S/C12H15N5O/c1-9-5-7-10(8-6-9)3-2-4-11(18)13-12-14-16-17-15-12/h5-8H,2-4H2,1H3,(H2,13,14,15,16,17,18). The Balaban J connectivity index is 1.72. The molecule has 2 aromatic rings. The third-order valence-corrected chi connectivity index (χ3v) is 2.59. The average molecular weight is 245 g/mol. The number of hydrogen-bond acceptors (Lipinski definition) is 4. The molecule has 0 unspecified atom stereocenters. The van der Waals surface area contributed by atoms with Crippen LogP contribution in [0.5, 0.6) is 0 Å². The molecule has 1 heterocycles.